The summed E-state index contributed by atoms with van der Waals surface area (Å²) in [6.07, 6.45) is 1.20. The topological polar surface area (TPSA) is 92.9 Å². The molecule has 136 valence electrons. The minimum absolute atomic E-state index is 0.0211. The van der Waals surface area contributed by atoms with Crippen molar-refractivity contribution in [1.29, 1.82) is 0 Å². The van der Waals surface area contributed by atoms with Crippen LogP contribution in [0.4, 0.5) is 0 Å². The summed E-state index contributed by atoms with van der Waals surface area (Å²) in [5, 5.41) is 22.1. The molecule has 0 radical (unpaired) electrons. The molecule has 7 heteroatoms. The molecule has 0 spiro atoms. The van der Waals surface area contributed by atoms with Crippen molar-refractivity contribution in [1.82, 2.24) is 4.90 Å². The number of fused-ring (bicyclic) bond motifs is 1. The molecule has 1 aliphatic heterocycles. The van der Waals surface area contributed by atoms with Gasteiger partial charge in [0.05, 0.1) is 7.11 Å². The van der Waals surface area contributed by atoms with Crippen LogP contribution in [-0.2, 0) is 11.2 Å². The van der Waals surface area contributed by atoms with Gasteiger partial charge >= 0.3 is 0 Å². The predicted octanol–water partition coefficient (Wildman–Crippen LogP) is 1.71. The number of rotatable bonds is 6. The third-order valence-corrected chi connectivity index (χ3v) is 5.75. The Bertz CT molecular complexity index is 679. The zero-order valence-electron chi connectivity index (χ0n) is 14.6. The Labute approximate surface area is 146 Å². The number of methoxy groups -OCH3 is 1. The van der Waals surface area contributed by atoms with E-state index in [9.17, 15) is 20.0 Å². The highest BCUT2D eigenvalue weighted by Gasteiger charge is 2.61. The lowest BCUT2D eigenvalue weighted by Crippen LogP contribution is -2.48. The van der Waals surface area contributed by atoms with Gasteiger partial charge in [-0.2, -0.15) is 0 Å². The number of hydrogen-bond donors (Lipinski definition) is 1. The van der Waals surface area contributed by atoms with Gasteiger partial charge in [0.15, 0.2) is 0 Å². The van der Waals surface area contributed by atoms with Gasteiger partial charge in [0.1, 0.15) is 11.5 Å². The second-order valence-corrected chi connectivity index (χ2v) is 7.20. The van der Waals surface area contributed by atoms with Gasteiger partial charge in [-0.15, -0.1) is 0 Å². The third kappa shape index (κ3) is 3.20. The van der Waals surface area contributed by atoms with Crippen molar-refractivity contribution in [2.24, 2.45) is 17.8 Å². The number of likely N-dealkylation sites (tertiary alicyclic amines) is 1. The normalized spacial score (nSPS) is 31.2. The first-order valence-corrected chi connectivity index (χ1v) is 8.62. The van der Waals surface area contributed by atoms with E-state index in [1.807, 2.05) is 31.2 Å². The number of carbonyl (C=O) groups excluding carboxylic acids is 1. The monoisotopic (exact) mass is 348 g/mol. The number of amides is 1. The fraction of sp³-hybridized carbons (Fsp3) is 0.611. The van der Waals surface area contributed by atoms with E-state index in [4.69, 9.17) is 4.74 Å². The van der Waals surface area contributed by atoms with Crippen LogP contribution in [0.2, 0.25) is 0 Å². The van der Waals surface area contributed by atoms with Gasteiger partial charge in [-0.1, -0.05) is 19.1 Å². The molecule has 2 fully saturated rings. The number of carbonyl (C=O) groups is 1. The molecule has 1 N–H and O–H groups in total. The summed E-state index contributed by atoms with van der Waals surface area (Å²) >= 11 is 0. The summed E-state index contributed by atoms with van der Waals surface area (Å²) in [7, 11) is 1.60. The molecular formula is C18H24N2O5. The van der Waals surface area contributed by atoms with E-state index in [1.165, 1.54) is 4.90 Å². The minimum atomic E-state index is -1.25. The van der Waals surface area contributed by atoms with Gasteiger partial charge in [-0.25, -0.2) is 0 Å². The molecule has 0 aromatic heterocycles. The van der Waals surface area contributed by atoms with E-state index in [2.05, 4.69) is 0 Å². The minimum Gasteiger partial charge on any atom is -0.497 e. The quantitative estimate of drug-likeness (QED) is 0.624. The van der Waals surface area contributed by atoms with Crippen molar-refractivity contribution < 1.29 is 19.6 Å². The lowest BCUT2D eigenvalue weighted by atomic mass is 9.88. The number of benzene rings is 1. The molecule has 1 saturated carbocycles. The zero-order valence-corrected chi connectivity index (χ0v) is 14.6. The Morgan fingerprint density at radius 2 is 2.24 bits per heavy atom. The summed E-state index contributed by atoms with van der Waals surface area (Å²) in [6.45, 7) is 2.14. The van der Waals surface area contributed by atoms with Crippen LogP contribution in [0.5, 0.6) is 5.75 Å². The van der Waals surface area contributed by atoms with Crippen LogP contribution in [0.3, 0.4) is 0 Å². The number of nitro groups is 1. The van der Waals surface area contributed by atoms with Crippen LogP contribution in [0.15, 0.2) is 24.3 Å². The first kappa shape index (κ1) is 17.7. The van der Waals surface area contributed by atoms with E-state index >= 15 is 0 Å². The van der Waals surface area contributed by atoms with Gasteiger partial charge in [-0.05, 0) is 36.5 Å². The summed E-state index contributed by atoms with van der Waals surface area (Å²) in [4.78, 5) is 24.6. The molecular weight excluding hydrogens is 324 g/mol. The standard InChI is InChI=1S/C18H24N2O5/c1-12-10-18(22)16(15(12)11-20(23)24)9-17(21)19(18)7-6-13-4-3-5-14(8-13)25-2/h3-5,8,12,15-16,22H,6-7,9-11H2,1-2H3/t12-,15+,16?,18?/m0/s1. The van der Waals surface area contributed by atoms with Crippen LogP contribution < -0.4 is 4.74 Å². The Morgan fingerprint density at radius 1 is 1.48 bits per heavy atom. The van der Waals surface area contributed by atoms with Crippen molar-refractivity contribution in [2.75, 3.05) is 20.2 Å². The molecule has 1 aromatic rings. The molecule has 7 nitrogen and oxygen atoms in total. The van der Waals surface area contributed by atoms with Crippen LogP contribution in [0.25, 0.3) is 0 Å². The second-order valence-electron chi connectivity index (χ2n) is 7.20. The van der Waals surface area contributed by atoms with Crippen molar-refractivity contribution in [3.05, 3.63) is 39.9 Å². The fourth-order valence-corrected chi connectivity index (χ4v) is 4.52. The maximum Gasteiger partial charge on any atom is 0.225 e. The Balaban J connectivity index is 1.74. The molecule has 1 aliphatic carbocycles. The highest BCUT2D eigenvalue weighted by atomic mass is 16.6. The van der Waals surface area contributed by atoms with Crippen LogP contribution in [-0.4, -0.2) is 46.8 Å². The second kappa shape index (κ2) is 6.63. The van der Waals surface area contributed by atoms with Crippen molar-refractivity contribution in [3.8, 4) is 5.75 Å². The largest absolute Gasteiger partial charge is 0.497 e. The molecule has 1 heterocycles. The average molecular weight is 348 g/mol. The fourth-order valence-electron chi connectivity index (χ4n) is 4.52. The molecule has 25 heavy (non-hydrogen) atoms. The van der Waals surface area contributed by atoms with Gasteiger partial charge in [0, 0.05) is 29.7 Å². The Hall–Kier alpha value is -2.15. The molecule has 1 amide bonds. The SMILES string of the molecule is COc1cccc(CCN2C(=O)CC3[C@H](C[N+](=O)[O-])[C@@H](C)CC32O)c1. The van der Waals surface area contributed by atoms with E-state index in [-0.39, 0.29) is 41.5 Å². The predicted molar refractivity (Wildman–Crippen MR) is 90.6 cm³/mol. The van der Waals surface area contributed by atoms with Gasteiger partial charge in [0.25, 0.3) is 0 Å². The maximum atomic E-state index is 12.4. The first-order valence-electron chi connectivity index (χ1n) is 8.62. The summed E-state index contributed by atoms with van der Waals surface area (Å²) in [5.74, 6) is 0.0438. The number of aliphatic hydroxyl groups is 1. The van der Waals surface area contributed by atoms with Gasteiger partial charge in [-0.3, -0.25) is 14.9 Å². The first-order chi connectivity index (χ1) is 11.8. The van der Waals surface area contributed by atoms with Crippen molar-refractivity contribution in [2.45, 2.75) is 31.9 Å². The van der Waals surface area contributed by atoms with E-state index in [0.717, 1.165) is 11.3 Å². The Kier molecular flexibility index (Phi) is 4.69. The molecule has 2 aliphatic rings. The van der Waals surface area contributed by atoms with Gasteiger partial charge < -0.3 is 14.7 Å². The van der Waals surface area contributed by atoms with Gasteiger partial charge in [0.2, 0.25) is 12.5 Å². The highest BCUT2D eigenvalue weighted by molar-refractivity contribution is 5.80. The number of hydrogen-bond acceptors (Lipinski definition) is 5. The average Bonchev–Trinajstić information content (AvgIpc) is 2.93. The van der Waals surface area contributed by atoms with Crippen LogP contribution in [0, 0.1) is 27.9 Å². The number of ether oxygens (including phenoxy) is 1. The molecule has 1 saturated heterocycles. The Morgan fingerprint density at radius 3 is 2.92 bits per heavy atom. The molecule has 0 bridgehead atoms. The van der Waals surface area contributed by atoms with E-state index in [1.54, 1.807) is 7.11 Å². The maximum absolute atomic E-state index is 12.4. The summed E-state index contributed by atoms with van der Waals surface area (Å²) in [6, 6.07) is 7.61. The van der Waals surface area contributed by atoms with Crippen LogP contribution in [0.1, 0.15) is 25.3 Å². The molecule has 2 unspecified atom stereocenters. The third-order valence-electron chi connectivity index (χ3n) is 5.75. The van der Waals surface area contributed by atoms with Crippen molar-refractivity contribution in [3.63, 3.8) is 0 Å². The summed E-state index contributed by atoms with van der Waals surface area (Å²) in [5.41, 5.74) is -0.233. The van der Waals surface area contributed by atoms with Crippen molar-refractivity contribution >= 4 is 5.91 Å². The zero-order chi connectivity index (χ0) is 18.2. The number of nitrogens with zero attached hydrogens (tertiary/aromatic N) is 2. The molecule has 3 rings (SSSR count). The molecule has 4 atom stereocenters. The van der Waals surface area contributed by atoms with E-state index in [0.29, 0.717) is 19.4 Å². The van der Waals surface area contributed by atoms with Crippen LogP contribution >= 0.6 is 0 Å². The smallest absolute Gasteiger partial charge is 0.225 e. The lowest BCUT2D eigenvalue weighted by Gasteiger charge is -2.34. The van der Waals surface area contributed by atoms with E-state index < -0.39 is 5.72 Å². The lowest BCUT2D eigenvalue weighted by molar-refractivity contribution is -0.491. The summed E-state index contributed by atoms with van der Waals surface area (Å²) < 4.78 is 5.21. The highest BCUT2D eigenvalue weighted by Crippen LogP contribution is 2.52. The molecule has 1 aromatic carbocycles.